The normalized spacial score (nSPS) is 42.6. The van der Waals surface area contributed by atoms with Gasteiger partial charge in [0.25, 0.3) is 0 Å². The number of piperidine rings is 1. The summed E-state index contributed by atoms with van der Waals surface area (Å²) in [5, 5.41) is 11.4. The zero-order valence-electron chi connectivity index (χ0n) is 5.41. The molecule has 1 heterocycles. The molecule has 0 radical (unpaired) electrons. The molecule has 1 aliphatic heterocycles. The molecule has 1 aliphatic carbocycles. The maximum Gasteiger partial charge on any atom is 0.506 e. The molecule has 56 valence electrons. The third-order valence-corrected chi connectivity index (χ3v) is 2.25. The fourth-order valence-corrected chi connectivity index (χ4v) is 1.65. The Morgan fingerprint density at radius 1 is 1.50 bits per heavy atom. The fourth-order valence-electron chi connectivity index (χ4n) is 1.65. The van der Waals surface area contributed by atoms with Crippen LogP contribution < -0.4 is 5.32 Å². The van der Waals surface area contributed by atoms with Gasteiger partial charge < -0.3 is 15.2 Å². The van der Waals surface area contributed by atoms with Crippen LogP contribution in [0.5, 0.6) is 0 Å². The minimum atomic E-state index is -1.14. The van der Waals surface area contributed by atoms with E-state index in [4.69, 9.17) is 5.11 Å². The third-order valence-electron chi connectivity index (χ3n) is 2.25. The smallest absolute Gasteiger partial charge is 0.450 e. The van der Waals surface area contributed by atoms with E-state index in [0.717, 1.165) is 13.1 Å². The van der Waals surface area contributed by atoms with E-state index in [9.17, 15) is 4.79 Å². The number of carboxylic acid groups (broad SMARTS) is 1. The van der Waals surface area contributed by atoms with E-state index in [1.165, 1.54) is 0 Å². The van der Waals surface area contributed by atoms with Crippen LogP contribution in [0, 0.1) is 11.8 Å². The standard InChI is InChI=1S/C6H9NO3/c8-6(9)10-5-3-1-7-2-4(3)5/h3-5,7H,1-2H2,(H,8,9). The van der Waals surface area contributed by atoms with E-state index in [1.54, 1.807) is 0 Å². The van der Waals surface area contributed by atoms with E-state index in [-0.39, 0.29) is 6.10 Å². The average molecular weight is 143 g/mol. The number of nitrogens with one attached hydrogen (secondary N) is 1. The first kappa shape index (κ1) is 5.97. The molecule has 0 amide bonds. The zero-order valence-corrected chi connectivity index (χ0v) is 5.41. The predicted molar refractivity (Wildman–Crippen MR) is 32.7 cm³/mol. The monoisotopic (exact) mass is 143 g/mol. The number of hydrogen-bond acceptors (Lipinski definition) is 3. The molecule has 2 unspecified atom stereocenters. The molecule has 0 aromatic heterocycles. The van der Waals surface area contributed by atoms with Gasteiger partial charge in [0.05, 0.1) is 0 Å². The molecule has 10 heavy (non-hydrogen) atoms. The highest BCUT2D eigenvalue weighted by Crippen LogP contribution is 2.44. The second kappa shape index (κ2) is 1.85. The molecule has 2 aliphatic rings. The Balaban J connectivity index is 1.84. The Bertz CT molecular complexity index is 160. The number of fused-ring (bicyclic) bond motifs is 1. The summed E-state index contributed by atoms with van der Waals surface area (Å²) in [6.45, 7) is 1.84. The van der Waals surface area contributed by atoms with Crippen molar-refractivity contribution in [2.45, 2.75) is 6.10 Å². The van der Waals surface area contributed by atoms with Crippen molar-refractivity contribution in [2.75, 3.05) is 13.1 Å². The van der Waals surface area contributed by atoms with Crippen LogP contribution in [-0.4, -0.2) is 30.5 Å². The maximum atomic E-state index is 10.0. The molecule has 4 nitrogen and oxygen atoms in total. The van der Waals surface area contributed by atoms with Crippen LogP contribution in [0.25, 0.3) is 0 Å². The lowest BCUT2D eigenvalue weighted by Gasteiger charge is -2.01. The first-order chi connectivity index (χ1) is 4.79. The highest BCUT2D eigenvalue weighted by atomic mass is 16.7. The van der Waals surface area contributed by atoms with Gasteiger partial charge in [0.2, 0.25) is 0 Å². The Morgan fingerprint density at radius 3 is 2.60 bits per heavy atom. The molecular weight excluding hydrogens is 134 g/mol. The number of hydrogen-bond donors (Lipinski definition) is 2. The lowest BCUT2D eigenvalue weighted by Crippen LogP contribution is -2.19. The second-order valence-electron chi connectivity index (χ2n) is 2.83. The van der Waals surface area contributed by atoms with Gasteiger partial charge in [-0.2, -0.15) is 0 Å². The Kier molecular flexibility index (Phi) is 1.11. The van der Waals surface area contributed by atoms with E-state index >= 15 is 0 Å². The number of ether oxygens (including phenoxy) is 1. The first-order valence-electron chi connectivity index (χ1n) is 3.39. The van der Waals surface area contributed by atoms with Crippen molar-refractivity contribution in [1.29, 1.82) is 0 Å². The van der Waals surface area contributed by atoms with Gasteiger partial charge >= 0.3 is 6.16 Å². The van der Waals surface area contributed by atoms with Gasteiger partial charge in [-0.1, -0.05) is 0 Å². The highest BCUT2D eigenvalue weighted by Gasteiger charge is 2.56. The van der Waals surface area contributed by atoms with Crippen LogP contribution in [0.1, 0.15) is 0 Å². The first-order valence-corrected chi connectivity index (χ1v) is 3.39. The summed E-state index contributed by atoms with van der Waals surface area (Å²) in [6.07, 6.45) is -1.14. The van der Waals surface area contributed by atoms with Gasteiger partial charge in [0, 0.05) is 24.9 Å². The minimum absolute atomic E-state index is 0.00116. The molecule has 0 bridgehead atoms. The summed E-state index contributed by atoms with van der Waals surface area (Å²) < 4.78 is 4.60. The number of rotatable bonds is 1. The summed E-state index contributed by atoms with van der Waals surface area (Å²) in [5.41, 5.74) is 0. The van der Waals surface area contributed by atoms with Gasteiger partial charge in [-0.15, -0.1) is 0 Å². The van der Waals surface area contributed by atoms with Crippen LogP contribution >= 0.6 is 0 Å². The maximum absolute atomic E-state index is 10.0. The molecule has 4 heteroatoms. The largest absolute Gasteiger partial charge is 0.506 e. The zero-order chi connectivity index (χ0) is 7.14. The summed E-state index contributed by atoms with van der Waals surface area (Å²) in [6, 6.07) is 0. The van der Waals surface area contributed by atoms with Gasteiger partial charge in [-0.05, 0) is 0 Å². The third kappa shape index (κ3) is 0.759. The molecule has 2 rings (SSSR count). The molecule has 2 atom stereocenters. The Hall–Kier alpha value is -0.770. The van der Waals surface area contributed by atoms with Crippen molar-refractivity contribution in [1.82, 2.24) is 5.32 Å². The summed E-state index contributed by atoms with van der Waals surface area (Å²) in [5.74, 6) is 0.937. The van der Waals surface area contributed by atoms with Crippen molar-refractivity contribution >= 4 is 6.16 Å². The Labute approximate surface area is 58.2 Å². The van der Waals surface area contributed by atoms with E-state index < -0.39 is 6.16 Å². The van der Waals surface area contributed by atoms with Crippen molar-refractivity contribution < 1.29 is 14.6 Å². The van der Waals surface area contributed by atoms with E-state index in [2.05, 4.69) is 10.1 Å². The molecule has 2 fully saturated rings. The van der Waals surface area contributed by atoms with Crippen molar-refractivity contribution in [3.8, 4) is 0 Å². The average Bonchev–Trinajstić information content (AvgIpc) is 2.40. The van der Waals surface area contributed by atoms with Gasteiger partial charge in [-0.25, -0.2) is 4.79 Å². The van der Waals surface area contributed by atoms with E-state index in [0.29, 0.717) is 11.8 Å². The van der Waals surface area contributed by atoms with Crippen LogP contribution in [0.15, 0.2) is 0 Å². The lowest BCUT2D eigenvalue weighted by molar-refractivity contribution is 0.0749. The van der Waals surface area contributed by atoms with Gasteiger partial charge in [0.15, 0.2) is 0 Å². The van der Waals surface area contributed by atoms with Gasteiger partial charge in [-0.3, -0.25) is 0 Å². The second-order valence-corrected chi connectivity index (χ2v) is 2.83. The topological polar surface area (TPSA) is 58.6 Å². The van der Waals surface area contributed by atoms with Crippen molar-refractivity contribution in [3.63, 3.8) is 0 Å². The minimum Gasteiger partial charge on any atom is -0.450 e. The van der Waals surface area contributed by atoms with Crippen LogP contribution in [-0.2, 0) is 4.74 Å². The predicted octanol–water partition coefficient (Wildman–Crippen LogP) is -0.101. The quantitative estimate of drug-likeness (QED) is 0.503. The fraction of sp³-hybridized carbons (Fsp3) is 0.833. The summed E-state index contributed by atoms with van der Waals surface area (Å²) in [4.78, 5) is 10.0. The molecule has 0 aromatic rings. The highest BCUT2D eigenvalue weighted by molar-refractivity contribution is 5.57. The van der Waals surface area contributed by atoms with Crippen LogP contribution in [0.3, 0.4) is 0 Å². The molecular formula is C6H9NO3. The SMILES string of the molecule is O=C(O)OC1C2CNCC21. The molecule has 1 saturated carbocycles. The van der Waals surface area contributed by atoms with Crippen LogP contribution in [0.2, 0.25) is 0 Å². The van der Waals surface area contributed by atoms with Crippen molar-refractivity contribution in [3.05, 3.63) is 0 Å². The molecule has 0 spiro atoms. The van der Waals surface area contributed by atoms with Crippen molar-refractivity contribution in [2.24, 2.45) is 11.8 Å². The van der Waals surface area contributed by atoms with Crippen LogP contribution in [0.4, 0.5) is 4.79 Å². The summed E-state index contributed by atoms with van der Waals surface area (Å²) in [7, 11) is 0. The molecule has 1 saturated heterocycles. The van der Waals surface area contributed by atoms with E-state index in [1.807, 2.05) is 0 Å². The Morgan fingerprint density at radius 2 is 2.10 bits per heavy atom. The van der Waals surface area contributed by atoms with Gasteiger partial charge in [0.1, 0.15) is 6.10 Å². The lowest BCUT2D eigenvalue weighted by atomic mass is 10.4. The molecule has 2 N–H and O–H groups in total. The number of carbonyl (C=O) groups is 1. The molecule has 0 aromatic carbocycles. The summed E-state index contributed by atoms with van der Waals surface area (Å²) >= 11 is 0.